The van der Waals surface area contributed by atoms with Crippen molar-refractivity contribution < 1.29 is 28.6 Å². The number of allylic oxidation sites excluding steroid dienone is 20. The molecule has 1 unspecified atom stereocenters. The number of unbranched alkanes of at least 4 members (excludes halogenated alkanes) is 13. The van der Waals surface area contributed by atoms with Gasteiger partial charge in [0.25, 0.3) is 0 Å². The van der Waals surface area contributed by atoms with Crippen molar-refractivity contribution in [2.45, 2.75) is 194 Å². The highest BCUT2D eigenvalue weighted by Crippen LogP contribution is 2.13. The molecular formula is C55H86O6. The number of carbonyl (C=O) groups excluding carboxylic acids is 3. The van der Waals surface area contributed by atoms with Crippen LogP contribution >= 0.6 is 0 Å². The maximum absolute atomic E-state index is 12.7. The van der Waals surface area contributed by atoms with Gasteiger partial charge in [0.15, 0.2) is 6.10 Å². The van der Waals surface area contributed by atoms with Gasteiger partial charge in [0.1, 0.15) is 13.2 Å². The molecule has 0 radical (unpaired) electrons. The molecule has 0 amide bonds. The lowest BCUT2D eigenvalue weighted by molar-refractivity contribution is -0.166. The number of rotatable bonds is 41. The van der Waals surface area contributed by atoms with Gasteiger partial charge < -0.3 is 14.2 Å². The van der Waals surface area contributed by atoms with Crippen LogP contribution in [-0.4, -0.2) is 37.2 Å². The van der Waals surface area contributed by atoms with Crippen molar-refractivity contribution in [3.05, 3.63) is 122 Å². The summed E-state index contributed by atoms with van der Waals surface area (Å²) >= 11 is 0. The molecule has 0 spiro atoms. The van der Waals surface area contributed by atoms with E-state index < -0.39 is 6.10 Å². The quantitative estimate of drug-likeness (QED) is 0.0201. The normalized spacial score (nSPS) is 13.2. The minimum Gasteiger partial charge on any atom is -0.462 e. The maximum atomic E-state index is 12.7. The van der Waals surface area contributed by atoms with Gasteiger partial charge in [-0.15, -0.1) is 0 Å². The Balaban J connectivity index is 4.53. The van der Waals surface area contributed by atoms with E-state index in [9.17, 15) is 14.4 Å². The Morgan fingerprint density at radius 3 is 1.26 bits per heavy atom. The molecule has 6 nitrogen and oxygen atoms in total. The number of hydrogen-bond donors (Lipinski definition) is 0. The fourth-order valence-corrected chi connectivity index (χ4v) is 6.01. The van der Waals surface area contributed by atoms with Crippen molar-refractivity contribution in [3.8, 4) is 0 Å². The molecule has 342 valence electrons. The van der Waals surface area contributed by atoms with Gasteiger partial charge >= 0.3 is 17.9 Å². The Morgan fingerprint density at radius 1 is 0.361 bits per heavy atom. The van der Waals surface area contributed by atoms with Crippen LogP contribution in [-0.2, 0) is 28.6 Å². The second-order valence-electron chi connectivity index (χ2n) is 15.4. The van der Waals surface area contributed by atoms with E-state index in [1.54, 1.807) is 0 Å². The third-order valence-electron chi connectivity index (χ3n) is 9.57. The molecule has 0 aromatic rings. The summed E-state index contributed by atoms with van der Waals surface area (Å²) in [5.41, 5.74) is 0. The van der Waals surface area contributed by atoms with Crippen LogP contribution in [0.25, 0.3) is 0 Å². The average Bonchev–Trinajstić information content (AvgIpc) is 3.26. The molecule has 0 aromatic carbocycles. The van der Waals surface area contributed by atoms with Gasteiger partial charge in [0, 0.05) is 19.3 Å². The van der Waals surface area contributed by atoms with E-state index in [1.807, 2.05) is 36.5 Å². The fraction of sp³-hybridized carbons (Fsp3) is 0.582. The predicted octanol–water partition coefficient (Wildman–Crippen LogP) is 15.7. The van der Waals surface area contributed by atoms with Gasteiger partial charge in [0.05, 0.1) is 0 Å². The molecule has 0 saturated carbocycles. The molecule has 0 saturated heterocycles. The second-order valence-corrected chi connectivity index (χ2v) is 15.4. The Kier molecular flexibility index (Phi) is 45.1. The first-order chi connectivity index (χ1) is 30.0. The summed E-state index contributed by atoms with van der Waals surface area (Å²) in [6, 6.07) is 0. The number of carbonyl (C=O) groups is 3. The first-order valence-corrected chi connectivity index (χ1v) is 24.1. The van der Waals surface area contributed by atoms with Crippen molar-refractivity contribution in [3.63, 3.8) is 0 Å². The number of ether oxygens (including phenoxy) is 3. The first kappa shape index (κ1) is 56.8. The zero-order valence-corrected chi connectivity index (χ0v) is 38.9. The van der Waals surface area contributed by atoms with E-state index in [-0.39, 0.29) is 44.0 Å². The molecule has 6 heteroatoms. The molecule has 61 heavy (non-hydrogen) atoms. The third-order valence-corrected chi connectivity index (χ3v) is 9.57. The maximum Gasteiger partial charge on any atom is 0.306 e. The van der Waals surface area contributed by atoms with E-state index in [4.69, 9.17) is 14.2 Å². The molecule has 0 aliphatic heterocycles. The molecule has 0 aliphatic carbocycles. The van der Waals surface area contributed by atoms with Gasteiger partial charge in [-0.05, 0) is 77.0 Å². The van der Waals surface area contributed by atoms with E-state index in [0.29, 0.717) is 12.8 Å². The summed E-state index contributed by atoms with van der Waals surface area (Å²) < 4.78 is 16.6. The van der Waals surface area contributed by atoms with E-state index >= 15 is 0 Å². The summed E-state index contributed by atoms with van der Waals surface area (Å²) in [5, 5.41) is 0. The van der Waals surface area contributed by atoms with Gasteiger partial charge in [-0.3, -0.25) is 14.4 Å². The monoisotopic (exact) mass is 843 g/mol. The molecule has 0 aliphatic rings. The van der Waals surface area contributed by atoms with Crippen molar-refractivity contribution in [2.75, 3.05) is 13.2 Å². The highest BCUT2D eigenvalue weighted by molar-refractivity contribution is 5.71. The molecule has 0 aromatic heterocycles. The lowest BCUT2D eigenvalue weighted by Gasteiger charge is -2.18. The van der Waals surface area contributed by atoms with Crippen LogP contribution < -0.4 is 0 Å². The Morgan fingerprint density at radius 2 is 0.754 bits per heavy atom. The Bertz CT molecular complexity index is 1340. The van der Waals surface area contributed by atoms with E-state index in [1.165, 1.54) is 38.5 Å². The Labute approximate surface area is 373 Å². The van der Waals surface area contributed by atoms with Gasteiger partial charge in [-0.25, -0.2) is 0 Å². The zero-order chi connectivity index (χ0) is 44.4. The molecule has 0 fully saturated rings. The molecule has 0 N–H and O–H groups in total. The highest BCUT2D eigenvalue weighted by Gasteiger charge is 2.19. The summed E-state index contributed by atoms with van der Waals surface area (Å²) in [6.45, 7) is 6.25. The van der Waals surface area contributed by atoms with E-state index in [0.717, 1.165) is 103 Å². The van der Waals surface area contributed by atoms with Gasteiger partial charge in [0.2, 0.25) is 0 Å². The molecule has 0 heterocycles. The van der Waals surface area contributed by atoms with Crippen LogP contribution in [0.4, 0.5) is 0 Å². The minimum absolute atomic E-state index is 0.114. The zero-order valence-electron chi connectivity index (χ0n) is 38.9. The minimum atomic E-state index is -0.821. The smallest absolute Gasteiger partial charge is 0.306 e. The van der Waals surface area contributed by atoms with Crippen LogP contribution in [0.15, 0.2) is 122 Å². The summed E-state index contributed by atoms with van der Waals surface area (Å²) in [6.07, 6.45) is 66.2. The molecule has 0 bridgehead atoms. The van der Waals surface area contributed by atoms with Crippen molar-refractivity contribution in [2.24, 2.45) is 0 Å². The van der Waals surface area contributed by atoms with Gasteiger partial charge in [-0.1, -0.05) is 213 Å². The standard InChI is InChI=1S/C55H86O6/c1-4-7-10-13-16-19-21-23-25-26-27-28-30-31-33-36-39-42-45-48-54(57)60-51-52(50-59-53(56)47-44-41-38-35-18-15-12-9-6-3)61-55(58)49-46-43-40-37-34-32-29-24-22-20-17-14-11-8-5-2/h7-8,10-11,14,16-17,19-20,22-25,27-29,31,33,39,42,52H,4-6,9,12-13,15,18,21,26,30,32,34-38,40-41,43-51H2,1-3H3/b10-7-,11-8-,17-14-,19-16-,22-20-,25-23-,28-27-,29-24-,33-31-,42-39-. The number of esters is 3. The van der Waals surface area contributed by atoms with Crippen LogP contribution in [0.1, 0.15) is 188 Å². The van der Waals surface area contributed by atoms with Crippen molar-refractivity contribution >= 4 is 17.9 Å². The largest absolute Gasteiger partial charge is 0.462 e. The first-order valence-electron chi connectivity index (χ1n) is 24.1. The van der Waals surface area contributed by atoms with Crippen LogP contribution in [0.5, 0.6) is 0 Å². The number of hydrogen-bond acceptors (Lipinski definition) is 6. The van der Waals surface area contributed by atoms with Gasteiger partial charge in [-0.2, -0.15) is 0 Å². The SMILES string of the molecule is CC\C=C/C=C\C=C/C=C\CCCCCCCC(=O)OC(COC(=O)CC/C=C\C/C=C\C/C=C\C/C=C\C/C=C\C/C=C\CC)COC(=O)CCCCCCCCCCC. The molecular weight excluding hydrogens is 757 g/mol. The van der Waals surface area contributed by atoms with Crippen molar-refractivity contribution in [1.82, 2.24) is 0 Å². The third kappa shape index (κ3) is 46.7. The molecule has 0 rings (SSSR count). The second kappa shape index (κ2) is 48.5. The topological polar surface area (TPSA) is 78.9 Å². The van der Waals surface area contributed by atoms with E-state index in [2.05, 4.69) is 106 Å². The summed E-state index contributed by atoms with van der Waals surface area (Å²) in [4.78, 5) is 37.8. The average molecular weight is 843 g/mol. The van der Waals surface area contributed by atoms with Crippen molar-refractivity contribution in [1.29, 1.82) is 0 Å². The Hall–Kier alpha value is -4.19. The predicted molar refractivity (Wildman–Crippen MR) is 260 cm³/mol. The molecule has 1 atom stereocenters. The fourth-order valence-electron chi connectivity index (χ4n) is 6.01. The highest BCUT2D eigenvalue weighted by atomic mass is 16.6. The van der Waals surface area contributed by atoms with Crippen LogP contribution in [0, 0.1) is 0 Å². The lowest BCUT2D eigenvalue weighted by Crippen LogP contribution is -2.30. The van der Waals surface area contributed by atoms with Crippen LogP contribution in [0.3, 0.4) is 0 Å². The summed E-state index contributed by atoms with van der Waals surface area (Å²) in [5.74, 6) is -1.04. The lowest BCUT2D eigenvalue weighted by atomic mass is 10.1. The van der Waals surface area contributed by atoms with Crippen LogP contribution in [0.2, 0.25) is 0 Å². The summed E-state index contributed by atoms with van der Waals surface area (Å²) in [7, 11) is 0.